The summed E-state index contributed by atoms with van der Waals surface area (Å²) in [5.41, 5.74) is 7.80. The summed E-state index contributed by atoms with van der Waals surface area (Å²) in [4.78, 5) is 66.2. The number of benzene rings is 4. The van der Waals surface area contributed by atoms with Crippen molar-refractivity contribution in [3.05, 3.63) is 142 Å². The first-order chi connectivity index (χ1) is 32.8. The number of rotatable bonds is 12. The zero-order valence-electron chi connectivity index (χ0n) is 36.9. The number of aromatic carboxylic acids is 4. The minimum atomic E-state index is -1.15. The molecule has 16 nitrogen and oxygen atoms in total. The number of hydrogen-bond donors (Lipinski definition) is 6. The molecule has 0 aliphatic carbocycles. The predicted octanol–water partition coefficient (Wildman–Crippen LogP) is 10.1. The van der Waals surface area contributed by atoms with E-state index in [1.807, 2.05) is 24.3 Å². The molecular weight excluding hydrogens is 928 g/mol. The molecule has 5 heterocycles. The summed E-state index contributed by atoms with van der Waals surface area (Å²) in [7, 11) is 5.74. The maximum Gasteiger partial charge on any atom is 2.00 e. The topological polar surface area (TPSA) is 243 Å². The largest absolute Gasteiger partial charge is 2.00 e. The first-order valence-electron chi connectivity index (χ1n) is 20.6. The van der Waals surface area contributed by atoms with Gasteiger partial charge in [-0.25, -0.2) is 29.1 Å². The molecule has 0 saturated carbocycles. The first-order valence-corrected chi connectivity index (χ1v) is 20.6. The Morgan fingerprint density at radius 1 is 0.377 bits per heavy atom. The van der Waals surface area contributed by atoms with Crippen LogP contribution in [0.4, 0.5) is 0 Å². The second-order valence-corrected chi connectivity index (χ2v) is 15.4. The third-order valence-corrected chi connectivity index (χ3v) is 11.6. The summed E-state index contributed by atoms with van der Waals surface area (Å²) in [6, 6.07) is 25.4. The van der Waals surface area contributed by atoms with E-state index in [4.69, 9.17) is 28.9 Å². The van der Waals surface area contributed by atoms with Crippen LogP contribution in [0.15, 0.2) is 97.1 Å². The molecule has 6 N–H and O–H groups in total. The van der Waals surface area contributed by atoms with Crippen LogP contribution in [0.3, 0.4) is 0 Å². The minimum absolute atomic E-state index is 0. The van der Waals surface area contributed by atoms with E-state index in [2.05, 4.69) is 9.97 Å². The Balaban J connectivity index is 0.00000642. The average Bonchev–Trinajstić information content (AvgIpc) is 4.20. The summed E-state index contributed by atoms with van der Waals surface area (Å²) in [5, 5.41) is 39.7. The fourth-order valence-corrected chi connectivity index (χ4v) is 8.46. The zero-order chi connectivity index (χ0) is 48.0. The number of ether oxygens (including phenoxy) is 4. The Labute approximate surface area is 402 Å². The number of aromatic nitrogens is 4. The monoisotopic (exact) mass is 965 g/mol. The van der Waals surface area contributed by atoms with Crippen LogP contribution in [0.1, 0.15) is 64.2 Å². The van der Waals surface area contributed by atoms with Crippen molar-refractivity contribution in [2.24, 2.45) is 0 Å². The van der Waals surface area contributed by atoms with Gasteiger partial charge in [-0.05, 0) is 121 Å². The quantitative estimate of drug-likeness (QED) is 0.0624. The molecule has 0 fully saturated rings. The summed E-state index contributed by atoms with van der Waals surface area (Å²) in [6.45, 7) is 0. The molecule has 0 saturated heterocycles. The molecule has 2 aliphatic heterocycles. The zero-order valence-corrected chi connectivity index (χ0v) is 38.1. The Kier molecular flexibility index (Phi) is 12.7. The van der Waals surface area contributed by atoms with Gasteiger partial charge in [0.05, 0.1) is 73.5 Å². The number of aromatic amines is 2. The number of carboxylic acids is 4. The van der Waals surface area contributed by atoms with Gasteiger partial charge < -0.3 is 49.3 Å². The van der Waals surface area contributed by atoms with Gasteiger partial charge in [-0.3, -0.25) is 0 Å². The normalized spacial score (nSPS) is 11.4. The average molecular weight is 966 g/mol. The maximum atomic E-state index is 12.2. The molecule has 4 aromatic carbocycles. The molecule has 343 valence electrons. The van der Waals surface area contributed by atoms with Crippen LogP contribution in [0.5, 0.6) is 23.0 Å². The molecule has 17 heteroatoms. The molecule has 8 bridgehead atoms. The van der Waals surface area contributed by atoms with Crippen molar-refractivity contribution < 1.29 is 75.6 Å². The molecule has 1 radical (unpaired) electrons. The van der Waals surface area contributed by atoms with E-state index >= 15 is 0 Å². The van der Waals surface area contributed by atoms with E-state index in [0.717, 1.165) is 0 Å². The number of nitrogens with one attached hydrogen (secondary N) is 2. The molecule has 3 aromatic heterocycles. The fourth-order valence-electron chi connectivity index (χ4n) is 8.46. The van der Waals surface area contributed by atoms with Crippen LogP contribution in [0, 0.1) is 0 Å². The maximum absolute atomic E-state index is 12.2. The standard InChI is InChI=1S/C52H38N4O12.Mn/c1-65-41-21-25(49(57)58)5-9-29(41)45-33-13-15-35(53-33)46(30-10-6-26(50(59)60)22-42(30)66-2)37-17-19-39(55-37)48(32-12-8-28(52(63)64)24-44(32)68-4)40-20-18-38(56-40)47(36-16-14-34(45)54-36)31-11-7-27(51(61)62)23-43(31)67-3;/h5-24,53,56H,1-4H3,(H,57,58)(H,59,60)(H,61,62)(H,63,64);/q;+2. The van der Waals surface area contributed by atoms with E-state index in [-0.39, 0.29) is 62.3 Å². The number of fused-ring (bicyclic) bond motifs is 8. The van der Waals surface area contributed by atoms with E-state index in [0.29, 0.717) is 89.4 Å². The predicted molar refractivity (Wildman–Crippen MR) is 255 cm³/mol. The molecule has 0 amide bonds. The molecule has 7 aromatic rings. The van der Waals surface area contributed by atoms with Crippen molar-refractivity contribution in [2.75, 3.05) is 28.4 Å². The third-order valence-electron chi connectivity index (χ3n) is 11.6. The number of hydrogen-bond acceptors (Lipinski definition) is 10. The Bertz CT molecular complexity index is 3100. The van der Waals surface area contributed by atoms with Crippen LogP contribution >= 0.6 is 0 Å². The van der Waals surface area contributed by atoms with Gasteiger partial charge in [0.25, 0.3) is 0 Å². The van der Waals surface area contributed by atoms with E-state index in [1.165, 1.54) is 77.0 Å². The molecular formula is C52H38MnN4O12+2. The Hall–Kier alpha value is -8.92. The van der Waals surface area contributed by atoms with Crippen molar-refractivity contribution in [1.82, 2.24) is 19.9 Å². The van der Waals surface area contributed by atoms with Crippen LogP contribution in [-0.4, -0.2) is 92.7 Å². The molecule has 9 rings (SSSR count). The number of H-pyrrole nitrogens is 2. The van der Waals surface area contributed by atoms with Crippen LogP contribution in [0.25, 0.3) is 90.9 Å². The van der Waals surface area contributed by atoms with Gasteiger partial charge >= 0.3 is 40.9 Å². The number of methoxy groups -OCH3 is 4. The van der Waals surface area contributed by atoms with E-state index in [1.54, 1.807) is 48.6 Å². The van der Waals surface area contributed by atoms with Gasteiger partial charge in [-0.15, -0.1) is 0 Å². The number of carbonyl (C=O) groups is 4. The van der Waals surface area contributed by atoms with Crippen molar-refractivity contribution in [3.63, 3.8) is 0 Å². The molecule has 2 aliphatic rings. The SMILES string of the molecule is COc1cc(C(=O)O)ccc1-c1c2nc(c(-c3ccc(C(=O)O)cc3OC)c3ccc([nH]3)c(-c3ccc(C(=O)O)cc3OC)c3nc(c(-c4ccc(C(=O)O)cc4OC)c4ccc1[nH]4)C=C3)C=C2.[Mn+2]. The van der Waals surface area contributed by atoms with Crippen molar-refractivity contribution >= 4 is 70.2 Å². The van der Waals surface area contributed by atoms with Gasteiger partial charge in [0, 0.05) is 66.6 Å². The fraction of sp³-hybridized carbons (Fsp3) is 0.0769. The van der Waals surface area contributed by atoms with Crippen LogP contribution in [-0.2, 0) is 17.1 Å². The van der Waals surface area contributed by atoms with Gasteiger partial charge in [-0.1, -0.05) is 0 Å². The van der Waals surface area contributed by atoms with E-state index in [9.17, 15) is 39.6 Å². The van der Waals surface area contributed by atoms with Crippen molar-refractivity contribution in [1.29, 1.82) is 0 Å². The van der Waals surface area contributed by atoms with Crippen LogP contribution in [0.2, 0.25) is 0 Å². The van der Waals surface area contributed by atoms with Gasteiger partial charge in [0.1, 0.15) is 23.0 Å². The Morgan fingerprint density at radius 3 is 0.783 bits per heavy atom. The number of carboxylic acid groups (broad SMARTS) is 4. The summed E-state index contributed by atoms with van der Waals surface area (Å²) in [5.74, 6) is -3.64. The van der Waals surface area contributed by atoms with Crippen molar-refractivity contribution in [2.45, 2.75) is 0 Å². The second kappa shape index (κ2) is 18.8. The van der Waals surface area contributed by atoms with Gasteiger partial charge in [-0.2, -0.15) is 0 Å². The second-order valence-electron chi connectivity index (χ2n) is 15.4. The van der Waals surface area contributed by atoms with Crippen molar-refractivity contribution in [3.8, 4) is 67.5 Å². The minimum Gasteiger partial charge on any atom is -0.496 e. The van der Waals surface area contributed by atoms with Gasteiger partial charge in [0.15, 0.2) is 0 Å². The summed E-state index contributed by atoms with van der Waals surface area (Å²) in [6.07, 6.45) is 7.19. The van der Waals surface area contributed by atoms with E-state index < -0.39 is 23.9 Å². The molecule has 0 unspecified atom stereocenters. The third kappa shape index (κ3) is 8.43. The first kappa shape index (κ1) is 46.6. The van der Waals surface area contributed by atoms with Crippen LogP contribution < -0.4 is 18.9 Å². The summed E-state index contributed by atoms with van der Waals surface area (Å²) < 4.78 is 23.3. The molecule has 0 atom stereocenters. The molecule has 69 heavy (non-hydrogen) atoms. The Morgan fingerprint density at radius 2 is 0.594 bits per heavy atom. The smallest absolute Gasteiger partial charge is 0.496 e. The molecule has 0 spiro atoms. The summed E-state index contributed by atoms with van der Waals surface area (Å²) >= 11 is 0. The van der Waals surface area contributed by atoms with Gasteiger partial charge in [0.2, 0.25) is 0 Å². The number of nitrogens with zero attached hydrogens (tertiary/aromatic N) is 2.